The Labute approximate surface area is 134 Å². The molecular weight excluding hydrogens is 309 g/mol. The highest BCUT2D eigenvalue weighted by atomic mass is 35.5. The maximum Gasteiger partial charge on any atom is 0.236 e. The smallest absolute Gasteiger partial charge is 0.236 e. The molecule has 0 unspecified atom stereocenters. The van der Waals surface area contributed by atoms with Gasteiger partial charge in [-0.25, -0.2) is 0 Å². The molecule has 2 amide bonds. The van der Waals surface area contributed by atoms with Crippen LogP contribution in [0.4, 0.5) is 0 Å². The predicted octanol–water partition coefficient (Wildman–Crippen LogP) is 4.20. The molecule has 2 fully saturated rings. The molecule has 1 heterocycles. The minimum atomic E-state index is -0.436. The van der Waals surface area contributed by atoms with Crippen molar-refractivity contribution in [3.05, 3.63) is 33.8 Å². The van der Waals surface area contributed by atoms with Crippen molar-refractivity contribution in [2.75, 3.05) is 0 Å². The lowest BCUT2D eigenvalue weighted by Gasteiger charge is -2.30. The second-order valence-electron chi connectivity index (χ2n) is 6.04. The summed E-state index contributed by atoms with van der Waals surface area (Å²) >= 11 is 12.0. The Bertz CT molecular complexity index is 594. The van der Waals surface area contributed by atoms with Crippen LogP contribution in [0.3, 0.4) is 0 Å². The Morgan fingerprint density at radius 3 is 2.48 bits per heavy atom. The lowest BCUT2D eigenvalue weighted by molar-refractivity contribution is -0.142. The van der Waals surface area contributed by atoms with Crippen LogP contribution in [0, 0.1) is 5.41 Å². The first-order chi connectivity index (χ1) is 10.0. The van der Waals surface area contributed by atoms with Crippen LogP contribution in [0.2, 0.25) is 10.0 Å². The molecule has 1 aliphatic carbocycles. The van der Waals surface area contributed by atoms with E-state index in [2.05, 4.69) is 0 Å². The number of hydrogen-bond acceptors (Lipinski definition) is 2. The minimum absolute atomic E-state index is 0.0155. The topological polar surface area (TPSA) is 37.4 Å². The van der Waals surface area contributed by atoms with Crippen molar-refractivity contribution in [1.29, 1.82) is 0 Å². The van der Waals surface area contributed by atoms with Crippen molar-refractivity contribution in [3.8, 4) is 0 Å². The Kier molecular flexibility index (Phi) is 3.98. The zero-order valence-corrected chi connectivity index (χ0v) is 13.2. The normalized spacial score (nSPS) is 21.3. The van der Waals surface area contributed by atoms with Crippen LogP contribution < -0.4 is 0 Å². The first kappa shape index (κ1) is 14.9. The average molecular weight is 326 g/mol. The summed E-state index contributed by atoms with van der Waals surface area (Å²) in [5.74, 6) is -0.0915. The number of nitrogens with zero attached hydrogens (tertiary/aromatic N) is 1. The van der Waals surface area contributed by atoms with E-state index in [-0.39, 0.29) is 18.4 Å². The van der Waals surface area contributed by atoms with E-state index in [4.69, 9.17) is 23.2 Å². The molecular formula is C16H17Cl2NO2. The van der Waals surface area contributed by atoms with E-state index in [1.807, 2.05) is 0 Å². The van der Waals surface area contributed by atoms with E-state index in [1.54, 1.807) is 18.2 Å². The van der Waals surface area contributed by atoms with Crippen LogP contribution in [0.25, 0.3) is 0 Å². The van der Waals surface area contributed by atoms with E-state index in [9.17, 15) is 9.59 Å². The first-order valence-corrected chi connectivity index (χ1v) is 8.06. The predicted molar refractivity (Wildman–Crippen MR) is 82.2 cm³/mol. The number of imide groups is 1. The second kappa shape index (κ2) is 5.62. The monoisotopic (exact) mass is 325 g/mol. The van der Waals surface area contributed by atoms with Gasteiger partial charge in [-0.1, -0.05) is 48.5 Å². The van der Waals surface area contributed by atoms with Gasteiger partial charge < -0.3 is 0 Å². The van der Waals surface area contributed by atoms with Crippen LogP contribution in [-0.2, 0) is 16.1 Å². The maximum atomic E-state index is 12.7. The van der Waals surface area contributed by atoms with Crippen LogP contribution in [0.1, 0.15) is 44.1 Å². The summed E-state index contributed by atoms with van der Waals surface area (Å²) in [7, 11) is 0. The number of benzene rings is 1. The Hall–Kier alpha value is -1.06. The number of likely N-dealkylation sites (tertiary alicyclic amines) is 1. The number of carbonyl (C=O) groups excluding carboxylic acids is 2. The molecule has 3 rings (SSSR count). The molecule has 0 bridgehead atoms. The third-order valence-electron chi connectivity index (χ3n) is 4.64. The van der Waals surface area contributed by atoms with Crippen molar-refractivity contribution in [3.63, 3.8) is 0 Å². The van der Waals surface area contributed by atoms with Gasteiger partial charge in [-0.05, 0) is 30.5 Å². The van der Waals surface area contributed by atoms with Crippen molar-refractivity contribution >= 4 is 35.0 Å². The van der Waals surface area contributed by atoms with Gasteiger partial charge in [0.25, 0.3) is 0 Å². The van der Waals surface area contributed by atoms with Crippen LogP contribution in [-0.4, -0.2) is 16.7 Å². The molecule has 1 saturated heterocycles. The summed E-state index contributed by atoms with van der Waals surface area (Å²) in [6, 6.07) is 5.14. The minimum Gasteiger partial charge on any atom is -0.278 e. The number of amides is 2. The molecule has 21 heavy (non-hydrogen) atoms. The van der Waals surface area contributed by atoms with Crippen LogP contribution >= 0.6 is 23.2 Å². The Balaban J connectivity index is 1.82. The molecule has 0 aromatic heterocycles. The van der Waals surface area contributed by atoms with Gasteiger partial charge in [-0.15, -0.1) is 0 Å². The average Bonchev–Trinajstić information content (AvgIpc) is 2.67. The van der Waals surface area contributed by atoms with Gasteiger partial charge in [-0.3, -0.25) is 14.5 Å². The fraction of sp³-hybridized carbons (Fsp3) is 0.500. The van der Waals surface area contributed by atoms with Crippen molar-refractivity contribution in [1.82, 2.24) is 4.90 Å². The fourth-order valence-corrected chi connectivity index (χ4v) is 3.93. The summed E-state index contributed by atoms with van der Waals surface area (Å²) in [6.45, 7) is 0.245. The van der Waals surface area contributed by atoms with Gasteiger partial charge >= 0.3 is 0 Å². The SMILES string of the molecule is O=C1CC2(CCCCC2)C(=O)N1Cc1ccc(Cl)cc1Cl. The van der Waals surface area contributed by atoms with Gasteiger partial charge in [0.15, 0.2) is 0 Å². The van der Waals surface area contributed by atoms with E-state index in [0.717, 1.165) is 37.7 Å². The van der Waals surface area contributed by atoms with E-state index < -0.39 is 5.41 Å². The van der Waals surface area contributed by atoms with E-state index in [0.29, 0.717) is 16.5 Å². The maximum absolute atomic E-state index is 12.7. The fourth-order valence-electron chi connectivity index (χ4n) is 3.46. The summed E-state index contributed by atoms with van der Waals surface area (Å²) in [5, 5.41) is 1.04. The molecule has 1 spiro atoms. The summed E-state index contributed by atoms with van der Waals surface area (Å²) in [5.41, 5.74) is 0.324. The highest BCUT2D eigenvalue weighted by molar-refractivity contribution is 6.35. The van der Waals surface area contributed by atoms with Crippen LogP contribution in [0.15, 0.2) is 18.2 Å². The molecule has 1 aliphatic heterocycles. The Morgan fingerprint density at radius 2 is 1.81 bits per heavy atom. The highest BCUT2D eigenvalue weighted by Crippen LogP contribution is 2.45. The van der Waals surface area contributed by atoms with Crippen molar-refractivity contribution in [2.45, 2.75) is 45.1 Å². The summed E-state index contributed by atoms with van der Waals surface area (Å²) in [4.78, 5) is 26.4. The molecule has 3 nitrogen and oxygen atoms in total. The third-order valence-corrected chi connectivity index (χ3v) is 5.23. The molecule has 1 aromatic rings. The van der Waals surface area contributed by atoms with Gasteiger partial charge in [0, 0.05) is 16.5 Å². The second-order valence-corrected chi connectivity index (χ2v) is 6.88. The third kappa shape index (κ3) is 2.69. The molecule has 1 aromatic carbocycles. The van der Waals surface area contributed by atoms with Gasteiger partial charge in [0.2, 0.25) is 11.8 Å². The molecule has 5 heteroatoms. The molecule has 2 aliphatic rings. The van der Waals surface area contributed by atoms with E-state index >= 15 is 0 Å². The molecule has 0 N–H and O–H groups in total. The largest absolute Gasteiger partial charge is 0.278 e. The Morgan fingerprint density at radius 1 is 1.10 bits per heavy atom. The quantitative estimate of drug-likeness (QED) is 0.764. The molecule has 0 radical (unpaired) electrons. The number of rotatable bonds is 2. The van der Waals surface area contributed by atoms with Crippen molar-refractivity contribution in [2.24, 2.45) is 5.41 Å². The van der Waals surface area contributed by atoms with Crippen molar-refractivity contribution < 1.29 is 9.59 Å². The number of carbonyl (C=O) groups is 2. The first-order valence-electron chi connectivity index (χ1n) is 7.31. The highest BCUT2D eigenvalue weighted by Gasteiger charge is 2.51. The van der Waals surface area contributed by atoms with Gasteiger partial charge in [0.1, 0.15) is 0 Å². The summed E-state index contributed by atoms with van der Waals surface area (Å²) < 4.78 is 0. The molecule has 1 saturated carbocycles. The molecule has 0 atom stereocenters. The van der Waals surface area contributed by atoms with E-state index in [1.165, 1.54) is 4.90 Å². The zero-order valence-electron chi connectivity index (χ0n) is 11.7. The number of halogens is 2. The van der Waals surface area contributed by atoms with Gasteiger partial charge in [0.05, 0.1) is 12.0 Å². The number of hydrogen-bond donors (Lipinski definition) is 0. The van der Waals surface area contributed by atoms with Crippen LogP contribution in [0.5, 0.6) is 0 Å². The molecule has 112 valence electrons. The summed E-state index contributed by atoms with van der Waals surface area (Å²) in [6.07, 6.45) is 5.26. The standard InChI is InChI=1S/C16H17Cl2NO2/c17-12-5-4-11(13(18)8-12)10-19-14(20)9-16(15(19)21)6-2-1-3-7-16/h4-5,8H,1-3,6-7,9-10H2. The zero-order chi connectivity index (χ0) is 15.0. The van der Waals surface area contributed by atoms with Gasteiger partial charge in [-0.2, -0.15) is 0 Å². The lowest BCUT2D eigenvalue weighted by atomic mass is 9.73. The lowest BCUT2D eigenvalue weighted by Crippen LogP contribution is -2.36.